The second kappa shape index (κ2) is 15.6. The van der Waals surface area contributed by atoms with Gasteiger partial charge in [0.1, 0.15) is 28.7 Å². The molecule has 12 heteroatoms. The van der Waals surface area contributed by atoms with E-state index in [1.165, 1.54) is 0 Å². The largest absolute Gasteiger partial charge is 0.543 e. The van der Waals surface area contributed by atoms with Crippen molar-refractivity contribution in [3.63, 3.8) is 0 Å². The molecule has 0 aliphatic carbocycles. The lowest BCUT2D eigenvalue weighted by Gasteiger charge is -2.42. The van der Waals surface area contributed by atoms with Crippen molar-refractivity contribution in [2.24, 2.45) is 0 Å². The lowest BCUT2D eigenvalue weighted by molar-refractivity contribution is 0.0199. The van der Waals surface area contributed by atoms with E-state index in [0.717, 1.165) is 22.6 Å². The monoisotopic (exact) mass is 877 g/mol. The van der Waals surface area contributed by atoms with Crippen LogP contribution in [0.2, 0.25) is 90.7 Å². The van der Waals surface area contributed by atoms with Crippen molar-refractivity contribution in [2.45, 2.75) is 213 Å². The van der Waals surface area contributed by atoms with Gasteiger partial charge in [0, 0.05) is 29.7 Å². The molecule has 2 aromatic rings. The van der Waals surface area contributed by atoms with E-state index >= 15 is 0 Å². The fourth-order valence-electron chi connectivity index (χ4n) is 5.03. The zero-order valence-corrected chi connectivity index (χ0v) is 46.1. The van der Waals surface area contributed by atoms with E-state index in [2.05, 4.69) is 181 Å². The lowest BCUT2D eigenvalue weighted by Crippen LogP contribution is -2.47. The minimum Gasteiger partial charge on any atom is -0.543 e. The number of ether oxygens (including phenoxy) is 1. The normalized spacial score (nSPS) is 18.1. The molecule has 2 atom stereocenters. The van der Waals surface area contributed by atoms with Crippen LogP contribution in [0.15, 0.2) is 24.3 Å². The van der Waals surface area contributed by atoms with Gasteiger partial charge in [-0.05, 0) is 103 Å². The number of hydrogen-bond donors (Lipinski definition) is 1. The minimum atomic E-state index is -2.39. The molecule has 0 saturated heterocycles. The van der Waals surface area contributed by atoms with E-state index in [4.69, 9.17) is 26.9 Å². The Morgan fingerprint density at radius 3 is 1.18 bits per heavy atom. The predicted octanol–water partition coefficient (Wildman–Crippen LogP) is 14.6. The summed E-state index contributed by atoms with van der Waals surface area (Å²) >= 11 is 0. The molecule has 0 radical (unpaired) electrons. The average molecular weight is 878 g/mol. The average Bonchev–Trinajstić information content (AvgIpc) is 2.95. The number of rotatable bonds is 11. The van der Waals surface area contributed by atoms with Crippen molar-refractivity contribution < 1.29 is 32.0 Å². The van der Waals surface area contributed by atoms with Crippen LogP contribution in [0.4, 0.5) is 0 Å². The Kier molecular flexibility index (Phi) is 13.6. The number of hydrogen-bond acceptors (Lipinski definition) is 7. The molecule has 0 spiro atoms. The zero-order chi connectivity index (χ0) is 44.6. The standard InChI is InChI=1S/C45H84O7Si5/c1-41(2,3)53(16,17)48-32-28-35-33(36(29-32)49-54(18,19)42(4,5)6)30-34(46)39(47-35)31-26-37(50-55(20,21)43(7,8)9)40(52-57(24,25)45(13,14)15)38(27-31)51-56(22,23)44(10,11)12/h26-29,34,39,46H,30H2,1-25H3/t34?,39-/m1/s1. The van der Waals surface area contributed by atoms with Gasteiger partial charge < -0.3 is 32.0 Å². The summed E-state index contributed by atoms with van der Waals surface area (Å²) < 4.78 is 42.7. The number of aliphatic hydroxyl groups excluding tert-OH is 1. The van der Waals surface area contributed by atoms with Crippen molar-refractivity contribution in [2.75, 3.05) is 0 Å². The number of benzene rings is 2. The van der Waals surface area contributed by atoms with Crippen LogP contribution in [0.3, 0.4) is 0 Å². The van der Waals surface area contributed by atoms with Crippen LogP contribution in [0.5, 0.6) is 34.5 Å². The second-order valence-corrected chi connectivity index (χ2v) is 48.0. The Bertz CT molecular complexity index is 1700. The van der Waals surface area contributed by atoms with Gasteiger partial charge in [-0.15, -0.1) is 0 Å². The summed E-state index contributed by atoms with van der Waals surface area (Å²) in [5.74, 6) is 4.15. The van der Waals surface area contributed by atoms with Gasteiger partial charge in [-0.1, -0.05) is 104 Å². The van der Waals surface area contributed by atoms with Crippen LogP contribution < -0.4 is 26.9 Å². The molecule has 0 bridgehead atoms. The summed E-state index contributed by atoms with van der Waals surface area (Å²) in [6, 6.07) is 8.18. The van der Waals surface area contributed by atoms with Gasteiger partial charge in [0.05, 0.1) is 6.10 Å². The summed E-state index contributed by atoms with van der Waals surface area (Å²) in [4.78, 5) is 0. The first-order chi connectivity index (χ1) is 25.0. The topological polar surface area (TPSA) is 75.6 Å². The van der Waals surface area contributed by atoms with Crippen LogP contribution in [-0.2, 0) is 6.42 Å². The Hall–Kier alpha value is -1.72. The molecule has 2 aromatic carbocycles. The van der Waals surface area contributed by atoms with Crippen molar-refractivity contribution in [1.82, 2.24) is 0 Å². The Morgan fingerprint density at radius 1 is 0.474 bits per heavy atom. The van der Waals surface area contributed by atoms with E-state index in [9.17, 15) is 5.11 Å². The lowest BCUT2D eigenvalue weighted by atomic mass is 9.93. The first-order valence-corrected chi connectivity index (χ1v) is 35.7. The van der Waals surface area contributed by atoms with Gasteiger partial charge in [0.15, 0.2) is 11.9 Å². The Balaban J connectivity index is 2.40. The van der Waals surface area contributed by atoms with E-state index in [1.807, 2.05) is 12.1 Å². The van der Waals surface area contributed by atoms with Gasteiger partial charge >= 0.3 is 0 Å². The minimum absolute atomic E-state index is 0.00172. The summed E-state index contributed by atoms with van der Waals surface area (Å²) in [5.41, 5.74) is 1.67. The maximum absolute atomic E-state index is 12.2. The highest BCUT2D eigenvalue weighted by atomic mass is 28.4. The fourth-order valence-corrected chi connectivity index (χ4v) is 10.1. The molecule has 1 aliphatic heterocycles. The third kappa shape index (κ3) is 11.0. The van der Waals surface area contributed by atoms with Crippen LogP contribution in [0, 0.1) is 0 Å². The molecule has 7 nitrogen and oxygen atoms in total. The summed E-state index contributed by atoms with van der Waals surface area (Å²) in [6.45, 7) is 56.4. The predicted molar refractivity (Wildman–Crippen MR) is 255 cm³/mol. The molecular weight excluding hydrogens is 793 g/mol. The van der Waals surface area contributed by atoms with Crippen molar-refractivity contribution in [3.05, 3.63) is 35.4 Å². The molecule has 1 N–H and O–H groups in total. The molecule has 0 amide bonds. The maximum atomic E-state index is 12.2. The molecule has 57 heavy (non-hydrogen) atoms. The molecule has 1 unspecified atom stereocenters. The van der Waals surface area contributed by atoms with Crippen molar-refractivity contribution in [3.8, 4) is 34.5 Å². The van der Waals surface area contributed by atoms with Crippen molar-refractivity contribution >= 4 is 41.6 Å². The second-order valence-electron chi connectivity index (χ2n) is 24.4. The summed E-state index contributed by atoms with van der Waals surface area (Å²) in [6.07, 6.45) is -1.20. The Morgan fingerprint density at radius 2 is 0.807 bits per heavy atom. The highest BCUT2D eigenvalue weighted by molar-refractivity contribution is 6.77. The maximum Gasteiger partial charge on any atom is 0.250 e. The highest BCUT2D eigenvalue weighted by Gasteiger charge is 2.47. The zero-order valence-electron chi connectivity index (χ0n) is 41.1. The third-order valence-electron chi connectivity index (χ3n) is 14.4. The summed E-state index contributed by atoms with van der Waals surface area (Å²) in [7, 11) is -11.7. The van der Waals surface area contributed by atoms with Crippen LogP contribution >= 0.6 is 0 Å². The van der Waals surface area contributed by atoms with Gasteiger partial charge in [-0.3, -0.25) is 0 Å². The molecular formula is C45H84O7Si5. The molecule has 0 aromatic heterocycles. The first-order valence-electron chi connectivity index (χ1n) is 21.2. The van der Waals surface area contributed by atoms with E-state index in [-0.39, 0.29) is 25.2 Å². The fraction of sp³-hybridized carbons (Fsp3) is 0.733. The number of aliphatic hydroxyl groups is 1. The molecule has 326 valence electrons. The van der Waals surface area contributed by atoms with Crippen molar-refractivity contribution in [1.29, 1.82) is 0 Å². The Labute approximate surface area is 355 Å². The van der Waals surface area contributed by atoms with Crippen LogP contribution in [0.25, 0.3) is 0 Å². The molecule has 0 fully saturated rings. The molecule has 1 heterocycles. The smallest absolute Gasteiger partial charge is 0.250 e. The van der Waals surface area contributed by atoms with E-state index < -0.39 is 53.8 Å². The molecule has 0 saturated carbocycles. The van der Waals surface area contributed by atoms with Gasteiger partial charge in [0.25, 0.3) is 25.0 Å². The van der Waals surface area contributed by atoms with E-state index in [1.54, 1.807) is 0 Å². The summed E-state index contributed by atoms with van der Waals surface area (Å²) in [5, 5.41) is 12.0. The number of fused-ring (bicyclic) bond motifs is 1. The van der Waals surface area contributed by atoms with Gasteiger partial charge in [0.2, 0.25) is 16.6 Å². The van der Waals surface area contributed by atoms with Gasteiger partial charge in [-0.25, -0.2) is 0 Å². The highest BCUT2D eigenvalue weighted by Crippen LogP contribution is 2.53. The van der Waals surface area contributed by atoms with Crippen LogP contribution in [-0.4, -0.2) is 52.8 Å². The van der Waals surface area contributed by atoms with E-state index in [0.29, 0.717) is 29.4 Å². The third-order valence-corrected chi connectivity index (χ3v) is 36.1. The molecule has 1 aliphatic rings. The molecule has 3 rings (SSSR count). The quantitative estimate of drug-likeness (QED) is 0.225. The van der Waals surface area contributed by atoms with Gasteiger partial charge in [-0.2, -0.15) is 0 Å². The first kappa shape index (κ1) is 49.6. The SMILES string of the molecule is CC(C)(C)[Si](C)(C)Oc1cc2c(c(O[Si](C)(C)C(C)(C)C)c1)CC(O)[C@@H](c1cc(O[Si](C)(C)C(C)(C)C)c(O[Si](C)(C)C(C)(C)C)c(O[Si](C)(C)C(C)(C)C)c1)O2. The van der Waals surface area contributed by atoms with Crippen LogP contribution in [0.1, 0.15) is 121 Å².